The molecule has 2 N–H and O–H groups in total. The molecule has 0 aliphatic rings. The molecule has 0 bridgehead atoms. The molecule has 0 saturated carbocycles. The molecule has 1 unspecified atom stereocenters. The van der Waals surface area contributed by atoms with Crippen LogP contribution in [0.5, 0.6) is 0 Å². The third-order valence-corrected chi connectivity index (χ3v) is 3.46. The average molecular weight is 277 g/mol. The molecule has 20 heavy (non-hydrogen) atoms. The summed E-state index contributed by atoms with van der Waals surface area (Å²) in [6, 6.07) is 9.81. The Kier molecular flexibility index (Phi) is 7.26. The number of hydrogen-bond donors (Lipinski definition) is 1. The van der Waals surface area contributed by atoms with Gasteiger partial charge in [0, 0.05) is 19.6 Å². The van der Waals surface area contributed by atoms with Gasteiger partial charge in [0.2, 0.25) is 5.91 Å². The van der Waals surface area contributed by atoms with Gasteiger partial charge in [0.25, 0.3) is 0 Å². The van der Waals surface area contributed by atoms with Crippen LogP contribution >= 0.6 is 0 Å². The van der Waals surface area contributed by atoms with Crippen molar-refractivity contribution in [3.8, 4) is 0 Å². The van der Waals surface area contributed by atoms with Crippen LogP contribution in [0.25, 0.3) is 0 Å². The molecule has 0 heterocycles. The molecular formula is C16H27N3O. The minimum Gasteiger partial charge on any atom is -0.342 e. The molecule has 1 rings (SSSR count). The molecule has 0 radical (unpaired) electrons. The molecule has 0 saturated heterocycles. The minimum absolute atomic E-state index is 0.139. The molecule has 1 aromatic carbocycles. The third-order valence-electron chi connectivity index (χ3n) is 3.46. The van der Waals surface area contributed by atoms with Crippen molar-refractivity contribution in [2.45, 2.75) is 19.3 Å². The maximum absolute atomic E-state index is 12.6. The Morgan fingerprint density at radius 2 is 1.85 bits per heavy atom. The lowest BCUT2D eigenvalue weighted by atomic mass is 9.97. The van der Waals surface area contributed by atoms with Gasteiger partial charge in [-0.25, -0.2) is 0 Å². The summed E-state index contributed by atoms with van der Waals surface area (Å²) in [5, 5.41) is 0. The summed E-state index contributed by atoms with van der Waals surface area (Å²) in [7, 11) is 4.09. The monoisotopic (exact) mass is 277 g/mol. The van der Waals surface area contributed by atoms with E-state index in [2.05, 4.69) is 4.90 Å². The quantitative estimate of drug-likeness (QED) is 0.784. The van der Waals surface area contributed by atoms with E-state index in [0.717, 1.165) is 31.6 Å². The second kappa shape index (κ2) is 8.72. The normalized spacial score (nSPS) is 12.4. The van der Waals surface area contributed by atoms with Crippen molar-refractivity contribution in [3.05, 3.63) is 35.9 Å². The van der Waals surface area contributed by atoms with Crippen molar-refractivity contribution in [3.63, 3.8) is 0 Å². The van der Waals surface area contributed by atoms with E-state index < -0.39 is 0 Å². The van der Waals surface area contributed by atoms with Crippen LogP contribution in [0.4, 0.5) is 0 Å². The smallest absolute Gasteiger partial charge is 0.231 e. The summed E-state index contributed by atoms with van der Waals surface area (Å²) in [4.78, 5) is 16.7. The first-order chi connectivity index (χ1) is 9.60. The molecule has 0 aliphatic carbocycles. The number of nitrogens with zero attached hydrogens (tertiary/aromatic N) is 2. The standard InChI is InChI=1S/C16H27N3O/c1-4-19(12-8-11-18(2)3)16(20)15(13-17)14-9-6-5-7-10-14/h5-7,9-10,15H,4,8,11-13,17H2,1-3H3. The second-order valence-electron chi connectivity index (χ2n) is 5.27. The molecule has 1 aromatic rings. The molecule has 4 heteroatoms. The highest BCUT2D eigenvalue weighted by molar-refractivity contribution is 5.84. The maximum Gasteiger partial charge on any atom is 0.231 e. The van der Waals surface area contributed by atoms with Crippen molar-refractivity contribution < 1.29 is 4.79 Å². The molecule has 0 aromatic heterocycles. The van der Waals surface area contributed by atoms with Gasteiger partial charge in [-0.15, -0.1) is 0 Å². The predicted octanol–water partition coefficient (Wildman–Crippen LogP) is 1.53. The van der Waals surface area contributed by atoms with E-state index in [1.807, 2.05) is 56.3 Å². The summed E-state index contributed by atoms with van der Waals surface area (Å²) < 4.78 is 0. The van der Waals surface area contributed by atoms with Crippen LogP contribution < -0.4 is 5.73 Å². The van der Waals surface area contributed by atoms with E-state index in [4.69, 9.17) is 5.73 Å². The molecule has 4 nitrogen and oxygen atoms in total. The van der Waals surface area contributed by atoms with Crippen molar-refractivity contribution in [2.75, 3.05) is 40.3 Å². The fraction of sp³-hybridized carbons (Fsp3) is 0.562. The van der Waals surface area contributed by atoms with Gasteiger partial charge in [-0.05, 0) is 39.5 Å². The van der Waals surface area contributed by atoms with Crippen molar-refractivity contribution in [1.82, 2.24) is 9.80 Å². The van der Waals surface area contributed by atoms with E-state index >= 15 is 0 Å². The fourth-order valence-electron chi connectivity index (χ4n) is 2.29. The fourth-order valence-corrected chi connectivity index (χ4v) is 2.29. The van der Waals surface area contributed by atoms with Gasteiger partial charge < -0.3 is 15.5 Å². The molecule has 0 fully saturated rings. The van der Waals surface area contributed by atoms with Gasteiger partial charge in [0.05, 0.1) is 5.92 Å². The number of rotatable bonds is 8. The second-order valence-corrected chi connectivity index (χ2v) is 5.27. The summed E-state index contributed by atoms with van der Waals surface area (Å²) in [5.41, 5.74) is 6.82. The van der Waals surface area contributed by atoms with Gasteiger partial charge in [-0.2, -0.15) is 0 Å². The lowest BCUT2D eigenvalue weighted by molar-refractivity contribution is -0.132. The zero-order chi connectivity index (χ0) is 15.0. The minimum atomic E-state index is -0.226. The van der Waals surface area contributed by atoms with E-state index in [0.29, 0.717) is 6.54 Å². The SMILES string of the molecule is CCN(CCCN(C)C)C(=O)C(CN)c1ccccc1. The number of carbonyl (C=O) groups is 1. The maximum atomic E-state index is 12.6. The van der Waals surface area contributed by atoms with E-state index in [1.165, 1.54) is 0 Å². The molecular weight excluding hydrogens is 250 g/mol. The first kappa shape index (κ1) is 16.7. The van der Waals surface area contributed by atoms with Crippen LogP contribution in [-0.2, 0) is 4.79 Å². The number of hydrogen-bond acceptors (Lipinski definition) is 3. The van der Waals surface area contributed by atoms with Gasteiger partial charge in [-0.3, -0.25) is 4.79 Å². The molecule has 0 spiro atoms. The van der Waals surface area contributed by atoms with Gasteiger partial charge in [0.15, 0.2) is 0 Å². The number of benzene rings is 1. The predicted molar refractivity (Wildman–Crippen MR) is 83.7 cm³/mol. The highest BCUT2D eigenvalue weighted by atomic mass is 16.2. The van der Waals surface area contributed by atoms with Crippen LogP contribution in [0.1, 0.15) is 24.8 Å². The topological polar surface area (TPSA) is 49.6 Å². The van der Waals surface area contributed by atoms with Crippen LogP contribution in [0.2, 0.25) is 0 Å². The van der Waals surface area contributed by atoms with E-state index in [1.54, 1.807) is 0 Å². The summed E-state index contributed by atoms with van der Waals surface area (Å²) >= 11 is 0. The first-order valence-electron chi connectivity index (χ1n) is 7.28. The summed E-state index contributed by atoms with van der Waals surface area (Å²) in [5.74, 6) is -0.0875. The zero-order valence-corrected chi connectivity index (χ0v) is 12.9. The Morgan fingerprint density at radius 3 is 2.35 bits per heavy atom. The van der Waals surface area contributed by atoms with Gasteiger partial charge in [0.1, 0.15) is 0 Å². The number of nitrogens with two attached hydrogens (primary N) is 1. The van der Waals surface area contributed by atoms with E-state index in [9.17, 15) is 4.79 Å². The number of carbonyl (C=O) groups excluding carboxylic acids is 1. The average Bonchev–Trinajstić information content (AvgIpc) is 2.45. The Hall–Kier alpha value is -1.39. The molecule has 112 valence electrons. The largest absolute Gasteiger partial charge is 0.342 e. The lowest BCUT2D eigenvalue weighted by Gasteiger charge is -2.26. The molecule has 1 atom stereocenters. The van der Waals surface area contributed by atoms with Crippen molar-refractivity contribution >= 4 is 5.91 Å². The first-order valence-corrected chi connectivity index (χ1v) is 7.28. The molecule has 1 amide bonds. The Balaban J connectivity index is 2.68. The van der Waals surface area contributed by atoms with Gasteiger partial charge in [-0.1, -0.05) is 30.3 Å². The van der Waals surface area contributed by atoms with Crippen LogP contribution in [0.15, 0.2) is 30.3 Å². The van der Waals surface area contributed by atoms with Gasteiger partial charge >= 0.3 is 0 Å². The number of likely N-dealkylation sites (N-methyl/N-ethyl adjacent to an activating group) is 1. The highest BCUT2D eigenvalue weighted by Crippen LogP contribution is 2.17. The highest BCUT2D eigenvalue weighted by Gasteiger charge is 2.23. The Labute approximate surface area is 122 Å². The van der Waals surface area contributed by atoms with Crippen LogP contribution in [0.3, 0.4) is 0 Å². The van der Waals surface area contributed by atoms with E-state index in [-0.39, 0.29) is 11.8 Å². The van der Waals surface area contributed by atoms with Crippen molar-refractivity contribution in [2.24, 2.45) is 5.73 Å². The van der Waals surface area contributed by atoms with Crippen LogP contribution in [0, 0.1) is 0 Å². The summed E-state index contributed by atoms with van der Waals surface area (Å²) in [6.07, 6.45) is 0.985. The third kappa shape index (κ3) is 4.94. The zero-order valence-electron chi connectivity index (χ0n) is 12.9. The molecule has 0 aliphatic heterocycles. The lowest BCUT2D eigenvalue weighted by Crippen LogP contribution is -2.39. The Bertz CT molecular complexity index is 392. The Morgan fingerprint density at radius 1 is 1.20 bits per heavy atom. The van der Waals surface area contributed by atoms with Crippen LogP contribution in [-0.4, -0.2) is 56.0 Å². The number of amides is 1. The summed E-state index contributed by atoms with van der Waals surface area (Å²) in [6.45, 7) is 4.88. The van der Waals surface area contributed by atoms with Crippen molar-refractivity contribution in [1.29, 1.82) is 0 Å².